The second-order valence-corrected chi connectivity index (χ2v) is 4.08. The van der Waals surface area contributed by atoms with E-state index in [9.17, 15) is 4.79 Å². The third kappa shape index (κ3) is 1.65. The summed E-state index contributed by atoms with van der Waals surface area (Å²) in [4.78, 5) is 11.9. The highest BCUT2D eigenvalue weighted by Gasteiger charge is 2.44. The summed E-state index contributed by atoms with van der Waals surface area (Å²) in [6.07, 6.45) is 2.71. The quantitative estimate of drug-likeness (QED) is 0.707. The minimum absolute atomic E-state index is 0.0458. The lowest BCUT2D eigenvalue weighted by molar-refractivity contribution is -0.143. The van der Waals surface area contributed by atoms with E-state index in [4.69, 9.17) is 4.74 Å². The Kier molecular flexibility index (Phi) is 2.76. The summed E-state index contributed by atoms with van der Waals surface area (Å²) in [5, 5.41) is 0. The Balaban J connectivity index is 2.39. The molecule has 2 nitrogen and oxygen atoms in total. The van der Waals surface area contributed by atoms with E-state index in [-0.39, 0.29) is 11.4 Å². The summed E-state index contributed by atoms with van der Waals surface area (Å²) in [5.74, 6) is -0.0458. The van der Waals surface area contributed by atoms with Gasteiger partial charge >= 0.3 is 5.97 Å². The van der Waals surface area contributed by atoms with Crippen molar-refractivity contribution in [3.8, 4) is 0 Å². The zero-order chi connectivity index (χ0) is 10.7. The van der Waals surface area contributed by atoms with Gasteiger partial charge in [-0.1, -0.05) is 43.7 Å². The van der Waals surface area contributed by atoms with Crippen LogP contribution in [0.5, 0.6) is 0 Å². The van der Waals surface area contributed by atoms with Crippen LogP contribution in [0.4, 0.5) is 0 Å². The first-order valence-electron chi connectivity index (χ1n) is 5.52. The van der Waals surface area contributed by atoms with Crippen molar-refractivity contribution in [2.75, 3.05) is 6.61 Å². The highest BCUT2D eigenvalue weighted by molar-refractivity contribution is 5.84. The van der Waals surface area contributed by atoms with Crippen LogP contribution in [-0.4, -0.2) is 12.6 Å². The van der Waals surface area contributed by atoms with E-state index >= 15 is 0 Å². The number of hydrogen-bond acceptors (Lipinski definition) is 2. The molecule has 0 N–H and O–H groups in total. The molecule has 0 saturated carbocycles. The van der Waals surface area contributed by atoms with Crippen molar-refractivity contribution < 1.29 is 9.53 Å². The van der Waals surface area contributed by atoms with Gasteiger partial charge in [0.05, 0.1) is 12.0 Å². The molecule has 1 aromatic rings. The summed E-state index contributed by atoms with van der Waals surface area (Å²) in [6.45, 7) is 2.67. The lowest BCUT2D eigenvalue weighted by Gasteiger charge is -2.24. The molecule has 1 aliphatic heterocycles. The molecule has 1 heterocycles. The largest absolute Gasteiger partial charge is 0.465 e. The normalized spacial score (nSPS) is 25.3. The summed E-state index contributed by atoms with van der Waals surface area (Å²) in [6, 6.07) is 10.0. The minimum Gasteiger partial charge on any atom is -0.465 e. The SMILES string of the molecule is CCCC1(c2ccccc2)CCOC1=O. The Labute approximate surface area is 90.3 Å². The number of carbonyl (C=O) groups excluding carboxylic acids is 1. The zero-order valence-electron chi connectivity index (χ0n) is 9.03. The van der Waals surface area contributed by atoms with E-state index in [1.165, 1.54) is 0 Å². The summed E-state index contributed by atoms with van der Waals surface area (Å²) >= 11 is 0. The lowest BCUT2D eigenvalue weighted by Crippen LogP contribution is -2.31. The molecule has 1 atom stereocenters. The number of cyclic esters (lactones) is 1. The molecule has 0 amide bonds. The van der Waals surface area contributed by atoms with Gasteiger partial charge < -0.3 is 4.74 Å². The first-order chi connectivity index (χ1) is 7.29. The van der Waals surface area contributed by atoms with Gasteiger partial charge in [-0.3, -0.25) is 4.79 Å². The maximum absolute atomic E-state index is 11.9. The predicted octanol–water partition coefficient (Wildman–Crippen LogP) is 2.67. The van der Waals surface area contributed by atoms with Crippen LogP contribution < -0.4 is 0 Å². The molecular weight excluding hydrogens is 188 g/mol. The van der Waals surface area contributed by atoms with Crippen LogP contribution in [0.25, 0.3) is 0 Å². The first kappa shape index (κ1) is 10.2. The average molecular weight is 204 g/mol. The number of ether oxygens (including phenoxy) is 1. The number of carbonyl (C=O) groups is 1. The van der Waals surface area contributed by atoms with E-state index in [1.807, 2.05) is 30.3 Å². The fourth-order valence-corrected chi connectivity index (χ4v) is 2.38. The second kappa shape index (κ2) is 4.05. The molecule has 80 valence electrons. The molecule has 0 aliphatic carbocycles. The van der Waals surface area contributed by atoms with Gasteiger partial charge in [0, 0.05) is 6.42 Å². The Hall–Kier alpha value is -1.31. The molecule has 2 rings (SSSR count). The molecule has 1 aromatic carbocycles. The van der Waals surface area contributed by atoms with Crippen molar-refractivity contribution in [1.29, 1.82) is 0 Å². The minimum atomic E-state index is -0.365. The van der Waals surface area contributed by atoms with E-state index in [0.717, 1.165) is 24.8 Å². The van der Waals surface area contributed by atoms with Crippen molar-refractivity contribution in [2.24, 2.45) is 0 Å². The van der Waals surface area contributed by atoms with Crippen LogP contribution in [0.1, 0.15) is 31.7 Å². The highest BCUT2D eigenvalue weighted by Crippen LogP contribution is 2.38. The monoisotopic (exact) mass is 204 g/mol. The van der Waals surface area contributed by atoms with Crippen LogP contribution in [0.3, 0.4) is 0 Å². The maximum atomic E-state index is 11.9. The van der Waals surface area contributed by atoms with Gasteiger partial charge in [-0.2, -0.15) is 0 Å². The molecule has 0 radical (unpaired) electrons. The number of rotatable bonds is 3. The van der Waals surface area contributed by atoms with Crippen molar-refractivity contribution in [3.63, 3.8) is 0 Å². The molecular formula is C13H16O2. The lowest BCUT2D eigenvalue weighted by atomic mass is 9.76. The summed E-state index contributed by atoms with van der Waals surface area (Å²) in [5.41, 5.74) is 0.741. The van der Waals surface area contributed by atoms with Gasteiger partial charge in [-0.05, 0) is 12.0 Å². The van der Waals surface area contributed by atoms with E-state index in [0.29, 0.717) is 6.61 Å². The smallest absolute Gasteiger partial charge is 0.316 e. The Morgan fingerprint density at radius 3 is 2.60 bits per heavy atom. The van der Waals surface area contributed by atoms with Crippen LogP contribution in [0.2, 0.25) is 0 Å². The van der Waals surface area contributed by atoms with Crippen molar-refractivity contribution >= 4 is 5.97 Å². The Morgan fingerprint density at radius 2 is 2.07 bits per heavy atom. The van der Waals surface area contributed by atoms with Gasteiger partial charge in [0.15, 0.2) is 0 Å². The van der Waals surface area contributed by atoms with Gasteiger partial charge in [-0.25, -0.2) is 0 Å². The van der Waals surface area contributed by atoms with Crippen molar-refractivity contribution in [2.45, 2.75) is 31.6 Å². The van der Waals surface area contributed by atoms with Crippen LogP contribution in [-0.2, 0) is 14.9 Å². The predicted molar refractivity (Wildman–Crippen MR) is 58.6 cm³/mol. The number of hydrogen-bond donors (Lipinski definition) is 0. The fraction of sp³-hybridized carbons (Fsp3) is 0.462. The standard InChI is InChI=1S/C13H16O2/c1-2-8-13(9-10-15-12(13)14)11-6-4-3-5-7-11/h3-7H,2,8-10H2,1H3. The summed E-state index contributed by atoms with van der Waals surface area (Å²) < 4.78 is 5.14. The van der Waals surface area contributed by atoms with Gasteiger partial charge in [0.25, 0.3) is 0 Å². The molecule has 15 heavy (non-hydrogen) atoms. The van der Waals surface area contributed by atoms with Gasteiger partial charge in [0.2, 0.25) is 0 Å². The van der Waals surface area contributed by atoms with Crippen LogP contribution >= 0.6 is 0 Å². The third-order valence-electron chi connectivity index (χ3n) is 3.16. The van der Waals surface area contributed by atoms with Crippen molar-refractivity contribution in [1.82, 2.24) is 0 Å². The van der Waals surface area contributed by atoms with E-state index in [1.54, 1.807) is 0 Å². The topological polar surface area (TPSA) is 26.3 Å². The first-order valence-corrected chi connectivity index (χ1v) is 5.52. The molecule has 1 fully saturated rings. The molecule has 0 spiro atoms. The molecule has 1 aliphatic rings. The van der Waals surface area contributed by atoms with Gasteiger partial charge in [-0.15, -0.1) is 0 Å². The fourth-order valence-electron chi connectivity index (χ4n) is 2.38. The number of benzene rings is 1. The molecule has 0 aromatic heterocycles. The van der Waals surface area contributed by atoms with Crippen molar-refractivity contribution in [3.05, 3.63) is 35.9 Å². The summed E-state index contributed by atoms with van der Waals surface area (Å²) in [7, 11) is 0. The molecule has 1 saturated heterocycles. The van der Waals surface area contributed by atoms with Gasteiger partial charge in [0.1, 0.15) is 0 Å². The Bertz CT molecular complexity index is 345. The second-order valence-electron chi connectivity index (χ2n) is 4.08. The molecule has 2 heteroatoms. The molecule has 1 unspecified atom stereocenters. The average Bonchev–Trinajstić information content (AvgIpc) is 2.63. The molecule has 0 bridgehead atoms. The number of esters is 1. The zero-order valence-corrected chi connectivity index (χ0v) is 9.03. The van der Waals surface area contributed by atoms with E-state index in [2.05, 4.69) is 6.92 Å². The van der Waals surface area contributed by atoms with Crippen LogP contribution in [0.15, 0.2) is 30.3 Å². The van der Waals surface area contributed by atoms with Crippen LogP contribution in [0, 0.1) is 0 Å². The highest BCUT2D eigenvalue weighted by atomic mass is 16.5. The van der Waals surface area contributed by atoms with E-state index < -0.39 is 0 Å². The maximum Gasteiger partial charge on any atom is 0.316 e. The third-order valence-corrected chi connectivity index (χ3v) is 3.16. The Morgan fingerprint density at radius 1 is 1.33 bits per heavy atom.